The molecule has 206 valence electrons. The predicted octanol–water partition coefficient (Wildman–Crippen LogP) is 3.15. The van der Waals surface area contributed by atoms with Gasteiger partial charge < -0.3 is 15.0 Å². The smallest absolute Gasteiger partial charge is 0.271 e. The number of nitrogens with one attached hydrogen (secondary N) is 1. The second-order valence-electron chi connectivity index (χ2n) is 9.50. The van der Waals surface area contributed by atoms with Crippen LogP contribution in [-0.2, 0) is 26.2 Å². The van der Waals surface area contributed by atoms with Crippen molar-refractivity contribution in [2.45, 2.75) is 58.2 Å². The van der Waals surface area contributed by atoms with E-state index in [4.69, 9.17) is 4.74 Å². The Kier molecular flexibility index (Phi) is 9.31. The summed E-state index contributed by atoms with van der Waals surface area (Å²) in [4.78, 5) is 39.0. The number of ether oxygens (including phenoxy) is 1. The minimum Gasteiger partial charge on any atom is -0.495 e. The summed E-state index contributed by atoms with van der Waals surface area (Å²) in [6, 6.07) is 10.1. The fraction of sp³-hybridized carbons (Fsp3) is 0.462. The van der Waals surface area contributed by atoms with Crippen molar-refractivity contribution in [2.24, 2.45) is 0 Å². The number of non-ortho nitro benzene ring substituents is 1. The zero-order valence-corrected chi connectivity index (χ0v) is 22.9. The van der Waals surface area contributed by atoms with E-state index < -0.39 is 33.4 Å². The first-order chi connectivity index (χ1) is 17.9. The molecule has 1 aliphatic carbocycles. The molecule has 0 aliphatic heterocycles. The van der Waals surface area contributed by atoms with E-state index in [1.54, 1.807) is 6.92 Å². The first kappa shape index (κ1) is 28.9. The van der Waals surface area contributed by atoms with Gasteiger partial charge in [-0.2, -0.15) is 0 Å². The molecule has 2 amide bonds. The van der Waals surface area contributed by atoms with Crippen LogP contribution in [0, 0.1) is 17.0 Å². The SMILES string of the molecule is COc1ccc([N+](=O)[O-])cc1N(CC(=O)N(Cc1ccccc1C)[C@@H](C)C(=O)NC1CCCC1)S(C)(=O)=O. The zero-order chi connectivity index (χ0) is 28.0. The number of nitro groups is 1. The first-order valence-electron chi connectivity index (χ1n) is 12.4. The van der Waals surface area contributed by atoms with Crippen LogP contribution in [0.3, 0.4) is 0 Å². The van der Waals surface area contributed by atoms with Crippen molar-refractivity contribution in [3.63, 3.8) is 0 Å². The van der Waals surface area contributed by atoms with Crippen LogP contribution in [0.25, 0.3) is 0 Å². The third kappa shape index (κ3) is 7.00. The van der Waals surface area contributed by atoms with Gasteiger partial charge in [0.15, 0.2) is 0 Å². The summed E-state index contributed by atoms with van der Waals surface area (Å²) in [7, 11) is -2.79. The number of nitro benzene ring substituents is 1. The summed E-state index contributed by atoms with van der Waals surface area (Å²) in [5, 5.41) is 14.4. The first-order valence-corrected chi connectivity index (χ1v) is 14.2. The summed E-state index contributed by atoms with van der Waals surface area (Å²) in [6.07, 6.45) is 4.71. The summed E-state index contributed by atoms with van der Waals surface area (Å²) in [6.45, 7) is 2.90. The van der Waals surface area contributed by atoms with Crippen LogP contribution in [0.15, 0.2) is 42.5 Å². The molecule has 11 nitrogen and oxygen atoms in total. The zero-order valence-electron chi connectivity index (χ0n) is 22.0. The van der Waals surface area contributed by atoms with Gasteiger partial charge >= 0.3 is 0 Å². The molecule has 0 unspecified atom stereocenters. The lowest BCUT2D eigenvalue weighted by Gasteiger charge is -2.32. The quantitative estimate of drug-likeness (QED) is 0.337. The average molecular weight is 547 g/mol. The molecule has 0 aromatic heterocycles. The van der Waals surface area contributed by atoms with Gasteiger partial charge in [0.2, 0.25) is 21.8 Å². The largest absolute Gasteiger partial charge is 0.495 e. The molecule has 0 bridgehead atoms. The lowest BCUT2D eigenvalue weighted by atomic mass is 10.1. The van der Waals surface area contributed by atoms with Crippen LogP contribution in [0.5, 0.6) is 5.75 Å². The number of aryl methyl sites for hydroxylation is 1. The summed E-state index contributed by atoms with van der Waals surface area (Å²) < 4.78 is 31.7. The third-order valence-electron chi connectivity index (χ3n) is 6.79. The van der Waals surface area contributed by atoms with E-state index in [-0.39, 0.29) is 35.6 Å². The highest BCUT2D eigenvalue weighted by Crippen LogP contribution is 2.34. The van der Waals surface area contributed by atoms with Crippen LogP contribution in [-0.4, -0.2) is 62.0 Å². The molecule has 2 aromatic rings. The molecule has 1 fully saturated rings. The Hall–Kier alpha value is -3.67. The fourth-order valence-corrected chi connectivity index (χ4v) is 5.37. The second-order valence-corrected chi connectivity index (χ2v) is 11.4. The highest BCUT2D eigenvalue weighted by atomic mass is 32.2. The van der Waals surface area contributed by atoms with E-state index >= 15 is 0 Å². The van der Waals surface area contributed by atoms with Gasteiger partial charge in [-0.1, -0.05) is 37.1 Å². The van der Waals surface area contributed by atoms with E-state index in [1.165, 1.54) is 24.1 Å². The summed E-state index contributed by atoms with van der Waals surface area (Å²) in [5.74, 6) is -0.912. The Morgan fingerprint density at radius 3 is 2.42 bits per heavy atom. The molecule has 1 atom stereocenters. The maximum atomic E-state index is 13.8. The van der Waals surface area contributed by atoms with Crippen LogP contribution >= 0.6 is 0 Å². The van der Waals surface area contributed by atoms with E-state index in [0.29, 0.717) is 0 Å². The molecule has 1 aliphatic rings. The highest BCUT2D eigenvalue weighted by molar-refractivity contribution is 7.92. The fourth-order valence-electron chi connectivity index (χ4n) is 4.53. The number of anilines is 1. The van der Waals surface area contributed by atoms with Gasteiger partial charge in [-0.05, 0) is 43.9 Å². The number of rotatable bonds is 11. The standard InChI is InChI=1S/C26H34N4O7S/c1-18-9-5-6-10-20(18)16-28(19(2)26(32)27-21-11-7-8-12-21)25(31)17-29(38(4,35)36)23-15-22(30(33)34)13-14-24(23)37-3/h5-6,9-10,13-15,19,21H,7-8,11-12,16-17H2,1-4H3,(H,27,32)/t19-/m0/s1. The normalized spacial score (nSPS) is 14.5. The lowest BCUT2D eigenvalue weighted by Crippen LogP contribution is -2.52. The van der Waals surface area contributed by atoms with E-state index in [1.807, 2.05) is 31.2 Å². The number of sulfonamides is 1. The van der Waals surface area contributed by atoms with Gasteiger partial charge in [0.1, 0.15) is 24.0 Å². The maximum absolute atomic E-state index is 13.8. The van der Waals surface area contributed by atoms with Gasteiger partial charge in [-0.3, -0.25) is 24.0 Å². The number of hydrogen-bond donors (Lipinski definition) is 1. The minimum atomic E-state index is -4.08. The predicted molar refractivity (Wildman–Crippen MR) is 143 cm³/mol. The van der Waals surface area contributed by atoms with Crippen LogP contribution in [0.2, 0.25) is 0 Å². The number of nitrogens with zero attached hydrogens (tertiary/aromatic N) is 3. The Balaban J connectivity index is 1.98. The van der Waals surface area contributed by atoms with Gasteiger partial charge in [0.05, 0.1) is 18.3 Å². The number of carbonyl (C=O) groups is 2. The Morgan fingerprint density at radius 1 is 1.18 bits per heavy atom. The molecule has 1 N–H and O–H groups in total. The monoisotopic (exact) mass is 546 g/mol. The summed E-state index contributed by atoms with van der Waals surface area (Å²) >= 11 is 0. The van der Waals surface area contributed by atoms with Gasteiger partial charge in [0, 0.05) is 24.7 Å². The maximum Gasteiger partial charge on any atom is 0.271 e. The van der Waals surface area contributed by atoms with E-state index in [9.17, 15) is 28.1 Å². The molecule has 0 radical (unpaired) electrons. The molecule has 0 spiro atoms. The molecule has 1 saturated carbocycles. The minimum absolute atomic E-state index is 0.0435. The van der Waals surface area contributed by atoms with Crippen molar-refractivity contribution >= 4 is 33.2 Å². The van der Waals surface area contributed by atoms with Crippen LogP contribution < -0.4 is 14.4 Å². The number of hydrogen-bond acceptors (Lipinski definition) is 7. The third-order valence-corrected chi connectivity index (χ3v) is 7.92. The molecule has 12 heteroatoms. The molecule has 3 rings (SSSR count). The number of amides is 2. The van der Waals surface area contributed by atoms with Gasteiger partial charge in [-0.15, -0.1) is 0 Å². The number of methoxy groups -OCH3 is 1. The van der Waals surface area contributed by atoms with Crippen molar-refractivity contribution in [1.82, 2.24) is 10.2 Å². The van der Waals surface area contributed by atoms with Gasteiger partial charge in [0.25, 0.3) is 5.69 Å². The molecule has 2 aromatic carbocycles. The van der Waals surface area contributed by atoms with Crippen molar-refractivity contribution < 1.29 is 27.7 Å². The Bertz CT molecular complexity index is 1290. The molecular weight excluding hydrogens is 512 g/mol. The van der Waals surface area contributed by atoms with E-state index in [2.05, 4.69) is 5.32 Å². The molecule has 0 saturated heterocycles. The average Bonchev–Trinajstić information content (AvgIpc) is 3.38. The lowest BCUT2D eigenvalue weighted by molar-refractivity contribution is -0.384. The van der Waals surface area contributed by atoms with Crippen LogP contribution in [0.4, 0.5) is 11.4 Å². The van der Waals surface area contributed by atoms with Crippen molar-refractivity contribution in [1.29, 1.82) is 0 Å². The highest BCUT2D eigenvalue weighted by Gasteiger charge is 2.33. The topological polar surface area (TPSA) is 139 Å². The molecular formula is C26H34N4O7S. The number of carbonyl (C=O) groups excluding carboxylic acids is 2. The van der Waals surface area contributed by atoms with Crippen molar-refractivity contribution in [3.8, 4) is 5.75 Å². The van der Waals surface area contributed by atoms with E-state index in [0.717, 1.165) is 53.4 Å². The van der Waals surface area contributed by atoms with Gasteiger partial charge in [-0.25, -0.2) is 8.42 Å². The molecule has 0 heterocycles. The van der Waals surface area contributed by atoms with Crippen LogP contribution in [0.1, 0.15) is 43.7 Å². The summed E-state index contributed by atoms with van der Waals surface area (Å²) in [5.41, 5.74) is 1.22. The Morgan fingerprint density at radius 2 is 1.84 bits per heavy atom. The Labute approximate surface area is 223 Å². The molecule has 38 heavy (non-hydrogen) atoms. The second kappa shape index (κ2) is 12.2. The van der Waals surface area contributed by atoms with Crippen molar-refractivity contribution in [2.75, 3.05) is 24.2 Å². The van der Waals surface area contributed by atoms with Crippen molar-refractivity contribution in [3.05, 3.63) is 63.7 Å². The number of benzene rings is 2.